The van der Waals surface area contributed by atoms with Crippen LogP contribution >= 0.6 is 15.9 Å². The first-order valence-electron chi connectivity index (χ1n) is 5.90. The van der Waals surface area contributed by atoms with Gasteiger partial charge in [0.25, 0.3) is 0 Å². The largest absolute Gasteiger partial charge is 0.378 e. The number of nitrogens with one attached hydrogen (secondary N) is 1. The predicted molar refractivity (Wildman–Crippen MR) is 71.5 cm³/mol. The third kappa shape index (κ3) is 3.07. The van der Waals surface area contributed by atoms with Crippen LogP contribution in [0.4, 0.5) is 11.6 Å². The lowest BCUT2D eigenvalue weighted by atomic mass is 10.4. The Bertz CT molecular complexity index is 368. The summed E-state index contributed by atoms with van der Waals surface area (Å²) in [5, 5.41) is 3.29. The van der Waals surface area contributed by atoms with E-state index in [1.165, 1.54) is 0 Å². The van der Waals surface area contributed by atoms with Gasteiger partial charge in [-0.05, 0) is 22.4 Å². The Labute approximate surface area is 110 Å². The van der Waals surface area contributed by atoms with Crippen molar-refractivity contribution in [2.45, 2.75) is 13.3 Å². The standard InChI is InChI=1S/C11H17BrN4O/c1-2-3-13-10-9(12)11(15-8-14-10)16-4-6-17-7-5-16/h8H,2-7H2,1H3,(H,13,14,15). The van der Waals surface area contributed by atoms with E-state index in [2.05, 4.69) is 43.0 Å². The Balaban J connectivity index is 2.15. The number of hydrogen-bond acceptors (Lipinski definition) is 5. The Morgan fingerprint density at radius 1 is 1.41 bits per heavy atom. The van der Waals surface area contributed by atoms with Gasteiger partial charge in [-0.3, -0.25) is 0 Å². The third-order valence-corrected chi connectivity index (χ3v) is 3.35. The van der Waals surface area contributed by atoms with Gasteiger partial charge >= 0.3 is 0 Å². The summed E-state index contributed by atoms with van der Waals surface area (Å²) in [5.41, 5.74) is 0. The fraction of sp³-hybridized carbons (Fsp3) is 0.636. The van der Waals surface area contributed by atoms with Crippen LogP contribution in [-0.2, 0) is 4.74 Å². The molecule has 0 aliphatic carbocycles. The molecule has 1 aromatic heterocycles. The lowest BCUT2D eigenvalue weighted by Crippen LogP contribution is -2.37. The zero-order valence-electron chi connectivity index (χ0n) is 9.95. The van der Waals surface area contributed by atoms with Gasteiger partial charge in [0.2, 0.25) is 0 Å². The maximum absolute atomic E-state index is 5.34. The van der Waals surface area contributed by atoms with Crippen LogP contribution in [0.1, 0.15) is 13.3 Å². The molecule has 1 aliphatic rings. The Kier molecular flexibility index (Phi) is 4.56. The molecule has 0 spiro atoms. The molecule has 5 nitrogen and oxygen atoms in total. The normalized spacial score (nSPS) is 16.0. The van der Waals surface area contributed by atoms with Crippen molar-refractivity contribution in [3.63, 3.8) is 0 Å². The maximum atomic E-state index is 5.34. The molecular formula is C11H17BrN4O. The number of rotatable bonds is 4. The van der Waals surface area contributed by atoms with Gasteiger partial charge in [0, 0.05) is 19.6 Å². The first kappa shape index (κ1) is 12.6. The van der Waals surface area contributed by atoms with Crippen molar-refractivity contribution in [2.75, 3.05) is 43.1 Å². The Morgan fingerprint density at radius 3 is 2.88 bits per heavy atom. The topological polar surface area (TPSA) is 50.3 Å². The van der Waals surface area contributed by atoms with Crippen molar-refractivity contribution < 1.29 is 4.74 Å². The zero-order chi connectivity index (χ0) is 12.1. The van der Waals surface area contributed by atoms with Crippen molar-refractivity contribution >= 4 is 27.6 Å². The van der Waals surface area contributed by atoms with Gasteiger partial charge in [0.05, 0.1) is 13.2 Å². The zero-order valence-corrected chi connectivity index (χ0v) is 11.5. The van der Waals surface area contributed by atoms with E-state index < -0.39 is 0 Å². The predicted octanol–water partition coefficient (Wildman–Crippen LogP) is 1.90. The molecule has 0 radical (unpaired) electrons. The second-order valence-corrected chi connectivity index (χ2v) is 4.68. The number of halogens is 1. The van der Waals surface area contributed by atoms with E-state index in [4.69, 9.17) is 4.74 Å². The van der Waals surface area contributed by atoms with Crippen LogP contribution in [0.15, 0.2) is 10.8 Å². The summed E-state index contributed by atoms with van der Waals surface area (Å²) in [5.74, 6) is 1.81. The maximum Gasteiger partial charge on any atom is 0.148 e. The minimum Gasteiger partial charge on any atom is -0.378 e. The fourth-order valence-electron chi connectivity index (χ4n) is 1.72. The van der Waals surface area contributed by atoms with E-state index in [0.717, 1.165) is 55.4 Å². The lowest BCUT2D eigenvalue weighted by molar-refractivity contribution is 0.122. The first-order chi connectivity index (χ1) is 8.33. The highest BCUT2D eigenvalue weighted by Gasteiger charge is 2.17. The fourth-order valence-corrected chi connectivity index (χ4v) is 2.32. The molecule has 1 fully saturated rings. The number of nitrogens with zero attached hydrogens (tertiary/aromatic N) is 3. The second kappa shape index (κ2) is 6.16. The third-order valence-electron chi connectivity index (χ3n) is 2.62. The van der Waals surface area contributed by atoms with Crippen LogP contribution in [0.25, 0.3) is 0 Å². The van der Waals surface area contributed by atoms with Crippen LogP contribution < -0.4 is 10.2 Å². The minimum atomic E-state index is 0.758. The van der Waals surface area contributed by atoms with Crippen molar-refractivity contribution in [1.82, 2.24) is 9.97 Å². The highest BCUT2D eigenvalue weighted by molar-refractivity contribution is 9.10. The smallest absolute Gasteiger partial charge is 0.148 e. The summed E-state index contributed by atoms with van der Waals surface area (Å²) in [7, 11) is 0. The molecule has 0 atom stereocenters. The summed E-state index contributed by atoms with van der Waals surface area (Å²) >= 11 is 3.58. The molecule has 0 aromatic carbocycles. The number of ether oxygens (including phenoxy) is 1. The van der Waals surface area contributed by atoms with Crippen LogP contribution in [0.3, 0.4) is 0 Å². The average Bonchev–Trinajstić information content (AvgIpc) is 2.39. The molecule has 94 valence electrons. The van der Waals surface area contributed by atoms with Gasteiger partial charge in [-0.1, -0.05) is 6.92 Å². The van der Waals surface area contributed by atoms with Gasteiger partial charge in [-0.15, -0.1) is 0 Å². The molecule has 1 N–H and O–H groups in total. The summed E-state index contributed by atoms with van der Waals surface area (Å²) in [6.45, 7) is 6.32. The number of aromatic nitrogens is 2. The monoisotopic (exact) mass is 300 g/mol. The molecule has 2 heterocycles. The van der Waals surface area contributed by atoms with Gasteiger partial charge in [-0.2, -0.15) is 0 Å². The minimum absolute atomic E-state index is 0.758. The quantitative estimate of drug-likeness (QED) is 0.920. The average molecular weight is 301 g/mol. The molecule has 2 rings (SSSR count). The first-order valence-corrected chi connectivity index (χ1v) is 6.69. The molecule has 6 heteroatoms. The second-order valence-electron chi connectivity index (χ2n) is 3.89. The lowest BCUT2D eigenvalue weighted by Gasteiger charge is -2.28. The van der Waals surface area contributed by atoms with Crippen molar-refractivity contribution in [3.8, 4) is 0 Å². The van der Waals surface area contributed by atoms with E-state index in [9.17, 15) is 0 Å². The van der Waals surface area contributed by atoms with Gasteiger partial charge in [0.1, 0.15) is 22.4 Å². The number of hydrogen-bond donors (Lipinski definition) is 1. The van der Waals surface area contributed by atoms with Gasteiger partial charge in [-0.25, -0.2) is 9.97 Å². The Morgan fingerprint density at radius 2 is 2.18 bits per heavy atom. The van der Waals surface area contributed by atoms with Crippen LogP contribution in [-0.4, -0.2) is 42.8 Å². The molecule has 0 unspecified atom stereocenters. The summed E-state index contributed by atoms with van der Waals surface area (Å²) < 4.78 is 6.28. The van der Waals surface area contributed by atoms with Crippen molar-refractivity contribution in [2.24, 2.45) is 0 Å². The van der Waals surface area contributed by atoms with Crippen LogP contribution in [0.5, 0.6) is 0 Å². The number of morpholine rings is 1. The highest BCUT2D eigenvalue weighted by atomic mass is 79.9. The van der Waals surface area contributed by atoms with Crippen LogP contribution in [0.2, 0.25) is 0 Å². The van der Waals surface area contributed by atoms with Crippen molar-refractivity contribution in [1.29, 1.82) is 0 Å². The molecule has 0 bridgehead atoms. The Hall–Kier alpha value is -0.880. The molecule has 17 heavy (non-hydrogen) atoms. The molecule has 1 aromatic rings. The molecular weight excluding hydrogens is 284 g/mol. The van der Waals surface area contributed by atoms with Crippen LogP contribution in [0, 0.1) is 0 Å². The SMILES string of the molecule is CCCNc1ncnc(N2CCOCC2)c1Br. The van der Waals surface area contributed by atoms with E-state index in [0.29, 0.717) is 0 Å². The molecule has 1 aliphatic heterocycles. The van der Waals surface area contributed by atoms with E-state index in [1.807, 2.05) is 0 Å². The summed E-state index contributed by atoms with van der Waals surface area (Å²) in [6, 6.07) is 0. The van der Waals surface area contributed by atoms with E-state index >= 15 is 0 Å². The summed E-state index contributed by atoms with van der Waals surface area (Å²) in [6.07, 6.45) is 2.68. The van der Waals surface area contributed by atoms with Crippen molar-refractivity contribution in [3.05, 3.63) is 10.8 Å². The highest BCUT2D eigenvalue weighted by Crippen LogP contribution is 2.29. The summed E-state index contributed by atoms with van der Waals surface area (Å²) in [4.78, 5) is 10.8. The van der Waals surface area contributed by atoms with E-state index in [1.54, 1.807) is 6.33 Å². The van der Waals surface area contributed by atoms with Gasteiger partial charge in [0.15, 0.2) is 0 Å². The van der Waals surface area contributed by atoms with Gasteiger partial charge < -0.3 is 15.0 Å². The molecule has 0 saturated carbocycles. The molecule has 0 amide bonds. The number of anilines is 2. The molecule has 1 saturated heterocycles. The van der Waals surface area contributed by atoms with E-state index in [-0.39, 0.29) is 0 Å².